The molecule has 4 heteroatoms. The maximum atomic E-state index is 8.79. The predicted molar refractivity (Wildman–Crippen MR) is 74.1 cm³/mol. The third-order valence-corrected chi connectivity index (χ3v) is 3.84. The lowest BCUT2D eigenvalue weighted by Gasteiger charge is -2.19. The van der Waals surface area contributed by atoms with Crippen LogP contribution >= 0.6 is 11.6 Å². The quantitative estimate of drug-likeness (QED) is 0.910. The Kier molecular flexibility index (Phi) is 5.01. The summed E-state index contributed by atoms with van der Waals surface area (Å²) in [5.41, 5.74) is 4.12. The Morgan fingerprint density at radius 2 is 1.89 bits per heavy atom. The fourth-order valence-corrected chi connectivity index (χ4v) is 2.19. The number of halogens is 1. The fraction of sp³-hybridized carbons (Fsp3) is 0.500. The summed E-state index contributed by atoms with van der Waals surface area (Å²) in [5, 5.41) is 12.7. The van der Waals surface area contributed by atoms with Crippen LogP contribution in [0.15, 0.2) is 0 Å². The van der Waals surface area contributed by atoms with E-state index in [-0.39, 0.29) is 6.04 Å². The first kappa shape index (κ1) is 14.8. The second-order valence-electron chi connectivity index (χ2n) is 4.43. The van der Waals surface area contributed by atoms with Crippen LogP contribution in [0.25, 0.3) is 0 Å². The molecule has 0 heterocycles. The minimum absolute atomic E-state index is 0.200. The van der Waals surface area contributed by atoms with Gasteiger partial charge >= 0.3 is 0 Å². The van der Waals surface area contributed by atoms with Gasteiger partial charge in [0, 0.05) is 17.1 Å². The average Bonchev–Trinajstić information content (AvgIpc) is 2.38. The van der Waals surface area contributed by atoms with Crippen molar-refractivity contribution in [3.05, 3.63) is 27.3 Å². The number of methoxy groups -OCH3 is 1. The van der Waals surface area contributed by atoms with Crippen molar-refractivity contribution < 1.29 is 4.74 Å². The third-order valence-electron chi connectivity index (χ3n) is 3.27. The van der Waals surface area contributed by atoms with E-state index in [4.69, 9.17) is 21.6 Å². The summed E-state index contributed by atoms with van der Waals surface area (Å²) in [7, 11) is 1.66. The fourth-order valence-electron chi connectivity index (χ4n) is 1.94. The van der Waals surface area contributed by atoms with E-state index in [0.29, 0.717) is 6.54 Å². The van der Waals surface area contributed by atoms with Gasteiger partial charge in [-0.1, -0.05) is 11.6 Å². The monoisotopic (exact) mass is 266 g/mol. The van der Waals surface area contributed by atoms with Crippen LogP contribution in [0.1, 0.15) is 29.2 Å². The lowest BCUT2D eigenvalue weighted by Crippen LogP contribution is -2.24. The first-order chi connectivity index (χ1) is 8.43. The van der Waals surface area contributed by atoms with Crippen LogP contribution in [0.2, 0.25) is 5.02 Å². The molecule has 0 radical (unpaired) electrons. The van der Waals surface area contributed by atoms with Gasteiger partial charge in [-0.25, -0.2) is 0 Å². The molecule has 1 atom stereocenters. The molecule has 18 heavy (non-hydrogen) atoms. The second kappa shape index (κ2) is 6.08. The van der Waals surface area contributed by atoms with Crippen molar-refractivity contribution in [2.75, 3.05) is 7.11 Å². The molecule has 1 unspecified atom stereocenters. The van der Waals surface area contributed by atoms with Crippen LogP contribution in [0.4, 0.5) is 0 Å². The number of nitrogens with one attached hydrogen (secondary N) is 1. The zero-order valence-electron chi connectivity index (χ0n) is 11.5. The zero-order valence-corrected chi connectivity index (χ0v) is 12.3. The van der Waals surface area contributed by atoms with Crippen molar-refractivity contribution in [1.29, 1.82) is 5.26 Å². The van der Waals surface area contributed by atoms with Gasteiger partial charge in [-0.3, -0.25) is 5.32 Å². The number of nitrogens with zero attached hydrogens (tertiary/aromatic N) is 1. The van der Waals surface area contributed by atoms with Gasteiger partial charge in [-0.05, 0) is 44.4 Å². The van der Waals surface area contributed by atoms with Gasteiger partial charge in [-0.2, -0.15) is 5.26 Å². The topological polar surface area (TPSA) is 45.0 Å². The third kappa shape index (κ3) is 2.77. The van der Waals surface area contributed by atoms with Gasteiger partial charge in [0.25, 0.3) is 0 Å². The number of ether oxygens (including phenoxy) is 1. The molecule has 3 nitrogen and oxygen atoms in total. The molecule has 0 bridgehead atoms. The van der Waals surface area contributed by atoms with Gasteiger partial charge in [0.05, 0.1) is 19.2 Å². The maximum Gasteiger partial charge on any atom is 0.126 e. The standard InChI is InChI=1S/C14H19ClN2O/c1-8(6-16)17-7-12-11(4)13(15)9(2)10(3)14(12)18-5/h8,17H,7H2,1-5H3. The van der Waals surface area contributed by atoms with Crippen LogP contribution in [0, 0.1) is 32.1 Å². The Balaban J connectivity index is 3.22. The Bertz CT molecular complexity index is 492. The number of benzene rings is 1. The van der Waals surface area contributed by atoms with Crippen molar-refractivity contribution in [1.82, 2.24) is 5.32 Å². The van der Waals surface area contributed by atoms with Gasteiger partial charge in [-0.15, -0.1) is 0 Å². The summed E-state index contributed by atoms with van der Waals surface area (Å²) in [6, 6.07) is 1.95. The van der Waals surface area contributed by atoms with Crippen LogP contribution < -0.4 is 10.1 Å². The van der Waals surface area contributed by atoms with E-state index in [2.05, 4.69) is 11.4 Å². The van der Waals surface area contributed by atoms with Crippen LogP contribution in [-0.4, -0.2) is 13.2 Å². The van der Waals surface area contributed by atoms with E-state index in [1.165, 1.54) is 0 Å². The number of rotatable bonds is 4. The minimum atomic E-state index is -0.200. The number of hydrogen-bond acceptors (Lipinski definition) is 3. The molecule has 0 aliphatic carbocycles. The summed E-state index contributed by atoms with van der Waals surface area (Å²) in [6.45, 7) is 8.36. The summed E-state index contributed by atoms with van der Waals surface area (Å²) in [6.07, 6.45) is 0. The molecule has 0 spiro atoms. The summed E-state index contributed by atoms with van der Waals surface area (Å²) in [5.74, 6) is 0.854. The van der Waals surface area contributed by atoms with Crippen LogP contribution in [0.3, 0.4) is 0 Å². The summed E-state index contributed by atoms with van der Waals surface area (Å²) >= 11 is 6.32. The molecule has 1 aromatic rings. The Morgan fingerprint density at radius 3 is 2.39 bits per heavy atom. The summed E-state index contributed by atoms with van der Waals surface area (Å²) in [4.78, 5) is 0. The molecule has 1 N–H and O–H groups in total. The Morgan fingerprint density at radius 1 is 1.28 bits per heavy atom. The minimum Gasteiger partial charge on any atom is -0.496 e. The lowest BCUT2D eigenvalue weighted by molar-refractivity contribution is 0.403. The molecule has 0 saturated heterocycles. The summed E-state index contributed by atoms with van der Waals surface area (Å²) < 4.78 is 5.48. The largest absolute Gasteiger partial charge is 0.496 e. The van der Waals surface area contributed by atoms with Crippen molar-refractivity contribution in [2.24, 2.45) is 0 Å². The molecule has 0 fully saturated rings. The first-order valence-electron chi connectivity index (χ1n) is 5.89. The molecular formula is C14H19ClN2O. The molecule has 1 rings (SSSR count). The average molecular weight is 267 g/mol. The van der Waals surface area contributed by atoms with E-state index in [1.807, 2.05) is 27.7 Å². The molecule has 0 aliphatic heterocycles. The number of nitriles is 1. The SMILES string of the molecule is COc1c(C)c(C)c(Cl)c(C)c1CNC(C)C#N. The molecule has 0 aliphatic rings. The lowest BCUT2D eigenvalue weighted by atomic mass is 9.98. The highest BCUT2D eigenvalue weighted by Crippen LogP contribution is 2.35. The van der Waals surface area contributed by atoms with Crippen molar-refractivity contribution in [2.45, 2.75) is 40.3 Å². The van der Waals surface area contributed by atoms with Gasteiger partial charge < -0.3 is 4.74 Å². The van der Waals surface area contributed by atoms with Crippen LogP contribution in [0.5, 0.6) is 5.75 Å². The predicted octanol–water partition coefficient (Wildman–Crippen LogP) is 3.28. The highest BCUT2D eigenvalue weighted by atomic mass is 35.5. The molecule has 0 aromatic heterocycles. The van der Waals surface area contributed by atoms with E-state index in [1.54, 1.807) is 7.11 Å². The normalized spacial score (nSPS) is 12.1. The van der Waals surface area contributed by atoms with E-state index in [9.17, 15) is 0 Å². The molecular weight excluding hydrogens is 248 g/mol. The van der Waals surface area contributed by atoms with Crippen LogP contribution in [-0.2, 0) is 6.54 Å². The van der Waals surface area contributed by atoms with Gasteiger partial charge in [0.15, 0.2) is 0 Å². The van der Waals surface area contributed by atoms with E-state index >= 15 is 0 Å². The van der Waals surface area contributed by atoms with Crippen molar-refractivity contribution >= 4 is 11.6 Å². The maximum absolute atomic E-state index is 8.79. The first-order valence-corrected chi connectivity index (χ1v) is 6.26. The van der Waals surface area contributed by atoms with Crippen molar-refractivity contribution in [3.63, 3.8) is 0 Å². The van der Waals surface area contributed by atoms with Gasteiger partial charge in [0.2, 0.25) is 0 Å². The van der Waals surface area contributed by atoms with Gasteiger partial charge in [0.1, 0.15) is 5.75 Å². The Labute approximate surface area is 114 Å². The van der Waals surface area contributed by atoms with E-state index in [0.717, 1.165) is 33.0 Å². The molecule has 1 aromatic carbocycles. The smallest absolute Gasteiger partial charge is 0.126 e. The molecule has 0 amide bonds. The molecule has 98 valence electrons. The van der Waals surface area contributed by atoms with Crippen molar-refractivity contribution in [3.8, 4) is 11.8 Å². The highest BCUT2D eigenvalue weighted by molar-refractivity contribution is 6.32. The second-order valence-corrected chi connectivity index (χ2v) is 4.81. The molecule has 0 saturated carbocycles. The number of hydrogen-bond donors (Lipinski definition) is 1. The highest BCUT2D eigenvalue weighted by Gasteiger charge is 2.17. The zero-order chi connectivity index (χ0) is 13.9. The Hall–Kier alpha value is -1.24. The van der Waals surface area contributed by atoms with E-state index < -0.39 is 0 Å².